The highest BCUT2D eigenvalue weighted by Crippen LogP contribution is 2.16. The summed E-state index contributed by atoms with van der Waals surface area (Å²) in [5.41, 5.74) is 0.204. The third-order valence-electron chi connectivity index (χ3n) is 2.44. The van der Waals surface area contributed by atoms with Gasteiger partial charge < -0.3 is 4.90 Å². The van der Waals surface area contributed by atoms with Crippen molar-refractivity contribution >= 4 is 24.0 Å². The van der Waals surface area contributed by atoms with E-state index in [1.165, 1.54) is 11.4 Å². The summed E-state index contributed by atoms with van der Waals surface area (Å²) in [6.45, 7) is 5.55. The van der Waals surface area contributed by atoms with Gasteiger partial charge in [-0.1, -0.05) is 20.8 Å². The summed E-state index contributed by atoms with van der Waals surface area (Å²) in [6.07, 6.45) is 6.31. The Bertz CT molecular complexity index is 520. The molecule has 0 saturated carbocycles. The Balaban J connectivity index is 2.93. The molecule has 0 saturated heterocycles. The molecule has 2 N–H and O–H groups in total. The van der Waals surface area contributed by atoms with E-state index in [0.717, 1.165) is 0 Å². The molecule has 2 amide bonds. The van der Waals surface area contributed by atoms with Gasteiger partial charge in [0.05, 0.1) is 11.9 Å². The highest BCUT2D eigenvalue weighted by atomic mass is 16.2. The molecule has 0 unspecified atom stereocenters. The first-order valence-electron chi connectivity index (χ1n) is 6.31. The highest BCUT2D eigenvalue weighted by Gasteiger charge is 2.20. The Labute approximate surface area is 119 Å². The van der Waals surface area contributed by atoms with Crippen LogP contribution >= 0.6 is 0 Å². The lowest BCUT2D eigenvalue weighted by Crippen LogP contribution is -2.82. The average Bonchev–Trinajstić information content (AvgIpc) is 2.33. The zero-order valence-electron chi connectivity index (χ0n) is 12.5. The fraction of sp³-hybridized carbons (Fsp3) is 0.429. The number of allylic oxidation sites excluding steroid dienone is 1. The number of nitrogens with two attached hydrogens (primary N) is 1. The quantitative estimate of drug-likeness (QED) is 0.469. The molecule has 0 aromatic heterocycles. The first kappa shape index (κ1) is 16.0. The molecule has 1 aliphatic heterocycles. The molecule has 0 aliphatic carbocycles. The molecular weight excluding hydrogens is 256 g/mol. The van der Waals surface area contributed by atoms with Gasteiger partial charge in [-0.15, -0.1) is 4.99 Å². The normalized spacial score (nSPS) is 16.6. The number of aliphatic imine (C=N–C) groups is 2. The van der Waals surface area contributed by atoms with Gasteiger partial charge in [0, 0.05) is 19.5 Å². The van der Waals surface area contributed by atoms with E-state index in [4.69, 9.17) is 0 Å². The van der Waals surface area contributed by atoms with Crippen molar-refractivity contribution in [2.45, 2.75) is 20.8 Å². The van der Waals surface area contributed by atoms with E-state index >= 15 is 0 Å². The number of hydrogen-bond acceptors (Lipinski definition) is 3. The van der Waals surface area contributed by atoms with E-state index in [1.54, 1.807) is 23.5 Å². The van der Waals surface area contributed by atoms with Crippen LogP contribution in [0.3, 0.4) is 0 Å². The summed E-state index contributed by atoms with van der Waals surface area (Å²) >= 11 is 0. The van der Waals surface area contributed by atoms with Gasteiger partial charge in [0.1, 0.15) is 6.20 Å². The van der Waals surface area contributed by atoms with Gasteiger partial charge in [-0.05, 0) is 12.2 Å². The molecule has 0 radical (unpaired) electrons. The fourth-order valence-electron chi connectivity index (χ4n) is 1.26. The third kappa shape index (κ3) is 4.89. The average molecular weight is 277 g/mol. The maximum absolute atomic E-state index is 11.9. The minimum atomic E-state index is -0.435. The molecule has 1 aliphatic rings. The van der Waals surface area contributed by atoms with Crippen molar-refractivity contribution in [3.05, 3.63) is 23.9 Å². The van der Waals surface area contributed by atoms with E-state index in [-0.39, 0.29) is 11.8 Å². The molecule has 1 rings (SSSR count). The summed E-state index contributed by atoms with van der Waals surface area (Å²) in [5.74, 6) is 0.315. The van der Waals surface area contributed by atoms with Crippen LogP contribution in [0.1, 0.15) is 20.8 Å². The molecule has 6 nitrogen and oxygen atoms in total. The second kappa shape index (κ2) is 6.38. The van der Waals surface area contributed by atoms with E-state index in [1.807, 2.05) is 34.9 Å². The van der Waals surface area contributed by atoms with Gasteiger partial charge in [0.2, 0.25) is 0 Å². The van der Waals surface area contributed by atoms with Gasteiger partial charge in [-0.25, -0.2) is 15.1 Å². The van der Waals surface area contributed by atoms with E-state index in [2.05, 4.69) is 9.98 Å². The highest BCUT2D eigenvalue weighted by molar-refractivity contribution is 6.10. The summed E-state index contributed by atoms with van der Waals surface area (Å²) < 4.78 is 0. The number of primary amides is 1. The van der Waals surface area contributed by atoms with Gasteiger partial charge >= 0.3 is 6.03 Å². The number of amidine groups is 1. The van der Waals surface area contributed by atoms with Crippen LogP contribution in [0.2, 0.25) is 0 Å². The van der Waals surface area contributed by atoms with Gasteiger partial charge in [-0.3, -0.25) is 4.79 Å². The molecule has 108 valence electrons. The lowest BCUT2D eigenvalue weighted by atomic mass is 9.90. The van der Waals surface area contributed by atoms with Crippen LogP contribution in [0, 0.1) is 5.41 Å². The van der Waals surface area contributed by atoms with Gasteiger partial charge in [0.25, 0.3) is 0 Å². The SMILES string of the molecule is CN(C)C=NC1=NC(=O)[NH2+]C=C1C=CC(=O)C(C)(C)C. The molecule has 20 heavy (non-hydrogen) atoms. The van der Waals surface area contributed by atoms with Crippen LogP contribution in [-0.2, 0) is 4.79 Å². The molecule has 0 fully saturated rings. The maximum atomic E-state index is 11.9. The van der Waals surface area contributed by atoms with Crippen molar-refractivity contribution in [1.82, 2.24) is 4.90 Å². The Morgan fingerprint density at radius 1 is 1.40 bits per heavy atom. The number of rotatable bonds is 3. The molecule has 0 aromatic carbocycles. The summed E-state index contributed by atoms with van der Waals surface area (Å²) in [4.78, 5) is 32.9. The van der Waals surface area contributed by atoms with Crippen molar-refractivity contribution in [2.75, 3.05) is 14.1 Å². The van der Waals surface area contributed by atoms with Crippen LogP contribution in [0.25, 0.3) is 0 Å². The predicted octanol–water partition coefficient (Wildman–Crippen LogP) is 0.727. The van der Waals surface area contributed by atoms with Crippen molar-refractivity contribution in [3.8, 4) is 0 Å². The van der Waals surface area contributed by atoms with Crippen molar-refractivity contribution < 1.29 is 14.9 Å². The number of carbonyl (C=O) groups is 2. The molecule has 1 heterocycles. The standard InChI is InChI=1S/C14H20N4O2/c1-14(2,3)11(19)7-6-10-8-15-13(20)17-12(10)16-9-18(4)5/h6-9H,1-5H3,(H,15,17,20)/p+1. The molecule has 0 bridgehead atoms. The number of carbonyl (C=O) groups excluding carboxylic acids is 2. The lowest BCUT2D eigenvalue weighted by molar-refractivity contribution is -0.480. The van der Waals surface area contributed by atoms with Crippen LogP contribution in [0.15, 0.2) is 33.9 Å². The Morgan fingerprint density at radius 3 is 2.60 bits per heavy atom. The van der Waals surface area contributed by atoms with Crippen LogP contribution < -0.4 is 5.32 Å². The first-order chi connectivity index (χ1) is 9.20. The summed E-state index contributed by atoms with van der Waals surface area (Å²) in [7, 11) is 3.65. The molecule has 0 atom stereocenters. The minimum Gasteiger partial charge on any atom is -0.369 e. The number of quaternary nitrogens is 1. The Hall–Kier alpha value is -2.08. The first-order valence-corrected chi connectivity index (χ1v) is 6.31. The van der Waals surface area contributed by atoms with Gasteiger partial charge in [0.15, 0.2) is 11.6 Å². The maximum Gasteiger partial charge on any atom is 0.445 e. The Kier molecular flexibility index (Phi) is 5.10. The zero-order chi connectivity index (χ0) is 15.3. The van der Waals surface area contributed by atoms with E-state index < -0.39 is 5.41 Å². The topological polar surface area (TPSA) is 78.7 Å². The number of amides is 2. The van der Waals surface area contributed by atoms with E-state index in [0.29, 0.717) is 11.4 Å². The zero-order valence-corrected chi connectivity index (χ0v) is 12.5. The number of hydrogen-bond donors (Lipinski definition) is 1. The van der Waals surface area contributed by atoms with E-state index in [9.17, 15) is 9.59 Å². The second-order valence-corrected chi connectivity index (χ2v) is 5.72. The number of urea groups is 1. The number of nitrogens with zero attached hydrogens (tertiary/aromatic N) is 3. The molecule has 6 heteroatoms. The molecular formula is C14H21N4O2+. The summed E-state index contributed by atoms with van der Waals surface area (Å²) in [5, 5.41) is 1.36. The van der Waals surface area contributed by atoms with Crippen LogP contribution in [0.5, 0.6) is 0 Å². The number of ketones is 1. The second-order valence-electron chi connectivity index (χ2n) is 5.72. The smallest absolute Gasteiger partial charge is 0.369 e. The summed E-state index contributed by atoms with van der Waals surface area (Å²) in [6, 6.07) is -0.352. The van der Waals surface area contributed by atoms with Crippen LogP contribution in [0.4, 0.5) is 4.79 Å². The third-order valence-corrected chi connectivity index (χ3v) is 2.44. The molecule has 0 spiro atoms. The monoisotopic (exact) mass is 277 g/mol. The lowest BCUT2D eigenvalue weighted by Gasteiger charge is -2.13. The van der Waals surface area contributed by atoms with Crippen molar-refractivity contribution in [1.29, 1.82) is 0 Å². The minimum absolute atomic E-state index is 0.00578. The van der Waals surface area contributed by atoms with Gasteiger partial charge in [-0.2, -0.15) is 0 Å². The van der Waals surface area contributed by atoms with Crippen molar-refractivity contribution in [3.63, 3.8) is 0 Å². The van der Waals surface area contributed by atoms with Crippen LogP contribution in [-0.4, -0.2) is 43.0 Å². The fourth-order valence-corrected chi connectivity index (χ4v) is 1.26. The predicted molar refractivity (Wildman–Crippen MR) is 78.6 cm³/mol. The Morgan fingerprint density at radius 2 is 2.05 bits per heavy atom. The van der Waals surface area contributed by atoms with Crippen molar-refractivity contribution in [2.24, 2.45) is 15.4 Å². The largest absolute Gasteiger partial charge is 0.445 e. The molecule has 0 aromatic rings.